The van der Waals surface area contributed by atoms with Crippen molar-refractivity contribution in [2.45, 2.75) is 63.8 Å². The maximum Gasteiger partial charge on any atom is 0.316 e. The summed E-state index contributed by atoms with van der Waals surface area (Å²) in [6, 6.07) is 8.46. The average Bonchev–Trinajstić information content (AvgIpc) is 3.22. The van der Waals surface area contributed by atoms with Gasteiger partial charge in [0.25, 0.3) is 5.91 Å². The van der Waals surface area contributed by atoms with E-state index < -0.39 is 5.56 Å². The molecule has 0 N–H and O–H groups in total. The molecule has 0 unspecified atom stereocenters. The van der Waals surface area contributed by atoms with E-state index >= 15 is 0 Å². The van der Waals surface area contributed by atoms with Gasteiger partial charge in [-0.25, -0.2) is 0 Å². The van der Waals surface area contributed by atoms with E-state index in [1.807, 2.05) is 10.6 Å². The van der Waals surface area contributed by atoms with Crippen molar-refractivity contribution in [3.05, 3.63) is 56.2 Å². The molecule has 1 aliphatic heterocycles. The lowest BCUT2D eigenvalue weighted by Gasteiger charge is -2.34. The van der Waals surface area contributed by atoms with Crippen LogP contribution in [0, 0.1) is 0 Å². The van der Waals surface area contributed by atoms with Gasteiger partial charge in [0.1, 0.15) is 5.82 Å². The van der Waals surface area contributed by atoms with Crippen LogP contribution in [0.5, 0.6) is 5.75 Å². The van der Waals surface area contributed by atoms with Crippen LogP contribution in [0.1, 0.15) is 67.3 Å². The van der Waals surface area contributed by atoms with Gasteiger partial charge in [-0.15, -0.1) is 0 Å². The second-order valence-electron chi connectivity index (χ2n) is 8.77. The zero-order valence-electron chi connectivity index (χ0n) is 18.3. The number of hydrogen-bond acceptors (Lipinski definition) is 4. The number of rotatable bonds is 7. The zero-order chi connectivity index (χ0) is 22.0. The first-order chi connectivity index (χ1) is 14.9. The fourth-order valence-electron chi connectivity index (χ4n) is 4.89. The normalized spacial score (nSPS) is 17.6. The van der Waals surface area contributed by atoms with Crippen molar-refractivity contribution in [3.63, 3.8) is 0 Å². The second kappa shape index (κ2) is 9.15. The molecule has 2 aliphatic rings. The maximum absolute atomic E-state index is 13.1. The van der Waals surface area contributed by atoms with Crippen LogP contribution in [-0.2, 0) is 18.4 Å². The Morgan fingerprint density at radius 1 is 1.19 bits per heavy atom. The molecule has 1 amide bonds. The minimum Gasteiger partial charge on any atom is -0.486 e. The van der Waals surface area contributed by atoms with Crippen molar-refractivity contribution in [1.29, 1.82) is 0 Å². The van der Waals surface area contributed by atoms with Gasteiger partial charge in [-0.3, -0.25) is 9.59 Å². The van der Waals surface area contributed by atoms with Crippen molar-refractivity contribution in [2.75, 3.05) is 20.2 Å². The molecule has 0 atom stereocenters. The van der Waals surface area contributed by atoms with Gasteiger partial charge in [-0.05, 0) is 37.0 Å². The monoisotopic (exact) mass is 487 g/mol. The van der Waals surface area contributed by atoms with Gasteiger partial charge >= 0.3 is 5.56 Å². The highest BCUT2D eigenvalue weighted by Gasteiger charge is 2.39. The molecule has 1 saturated carbocycles. The van der Waals surface area contributed by atoms with Crippen LogP contribution in [0.2, 0.25) is 0 Å². The van der Waals surface area contributed by atoms with Crippen molar-refractivity contribution in [1.82, 2.24) is 14.5 Å². The Bertz CT molecular complexity index is 1030. The molecule has 1 aliphatic carbocycles. The molecule has 7 heteroatoms. The number of carbonyl (C=O) groups is 1. The number of carbonyl (C=O) groups excluding carboxylic acids is 1. The number of halogens is 1. The van der Waals surface area contributed by atoms with Crippen molar-refractivity contribution in [3.8, 4) is 5.75 Å². The van der Waals surface area contributed by atoms with E-state index in [1.54, 1.807) is 11.9 Å². The Morgan fingerprint density at radius 3 is 2.68 bits per heavy atom. The number of nitrogens with zero attached hydrogens (tertiary/aromatic N) is 3. The molecule has 31 heavy (non-hydrogen) atoms. The van der Waals surface area contributed by atoms with Crippen molar-refractivity contribution >= 4 is 21.8 Å². The van der Waals surface area contributed by atoms with Crippen LogP contribution >= 0.6 is 15.9 Å². The minimum atomic E-state index is -0.427. The van der Waals surface area contributed by atoms with Crippen LogP contribution in [-0.4, -0.2) is 40.6 Å². The van der Waals surface area contributed by atoms with E-state index in [0.29, 0.717) is 37.6 Å². The lowest BCUT2D eigenvalue weighted by Crippen LogP contribution is -2.42. The molecular formula is C24H30BrN3O3. The minimum absolute atomic E-state index is 0.0685. The van der Waals surface area contributed by atoms with Gasteiger partial charge in [0.15, 0.2) is 5.69 Å². The average molecular weight is 488 g/mol. The Hall–Kier alpha value is -2.15. The molecule has 166 valence electrons. The Labute approximate surface area is 191 Å². The van der Waals surface area contributed by atoms with Crippen molar-refractivity contribution in [2.24, 2.45) is 0 Å². The van der Waals surface area contributed by atoms with Crippen LogP contribution < -0.4 is 10.3 Å². The third-order valence-electron chi connectivity index (χ3n) is 6.67. The molecule has 6 nitrogen and oxygen atoms in total. The highest BCUT2D eigenvalue weighted by molar-refractivity contribution is 9.10. The summed E-state index contributed by atoms with van der Waals surface area (Å²) in [4.78, 5) is 32.2. The Kier molecular flexibility index (Phi) is 6.51. The number of benzene rings is 1. The summed E-state index contributed by atoms with van der Waals surface area (Å²) >= 11 is 3.61. The van der Waals surface area contributed by atoms with E-state index in [0.717, 1.165) is 43.0 Å². The highest BCUT2D eigenvalue weighted by atomic mass is 79.9. The quantitative estimate of drug-likeness (QED) is 0.545. The highest BCUT2D eigenvalue weighted by Crippen LogP contribution is 2.44. The van der Waals surface area contributed by atoms with Crippen LogP contribution in [0.3, 0.4) is 0 Å². The summed E-state index contributed by atoms with van der Waals surface area (Å²) < 4.78 is 8.80. The molecule has 2 aromatic rings. The Morgan fingerprint density at radius 2 is 1.97 bits per heavy atom. The SMILES string of the molecule is CCCCOc1c2n(c(CC3(c4cccc(Br)c4)CCCC3)nc1=O)CCN(C)C2=O. The first-order valence-electron chi connectivity index (χ1n) is 11.2. The number of fused-ring (bicyclic) bond motifs is 1. The summed E-state index contributed by atoms with van der Waals surface area (Å²) in [6.07, 6.45) is 6.86. The van der Waals surface area contributed by atoms with Crippen molar-refractivity contribution < 1.29 is 9.53 Å². The maximum atomic E-state index is 13.1. The van der Waals surface area contributed by atoms with E-state index in [9.17, 15) is 9.59 Å². The molecule has 1 fully saturated rings. The van der Waals surface area contributed by atoms with E-state index in [-0.39, 0.29) is 17.1 Å². The fourth-order valence-corrected chi connectivity index (χ4v) is 5.29. The first kappa shape index (κ1) is 22.1. The molecular weight excluding hydrogens is 458 g/mol. The summed E-state index contributed by atoms with van der Waals surface area (Å²) in [5.74, 6) is 0.643. The van der Waals surface area contributed by atoms with Crippen LogP contribution in [0.25, 0.3) is 0 Å². The van der Waals surface area contributed by atoms with Crippen LogP contribution in [0.15, 0.2) is 33.5 Å². The van der Waals surface area contributed by atoms with E-state index in [2.05, 4.69) is 46.0 Å². The largest absolute Gasteiger partial charge is 0.486 e. The predicted molar refractivity (Wildman–Crippen MR) is 124 cm³/mol. The number of amides is 1. The van der Waals surface area contributed by atoms with Gasteiger partial charge in [0.05, 0.1) is 6.61 Å². The summed E-state index contributed by atoms with van der Waals surface area (Å²) in [5, 5.41) is 0. The molecule has 1 aromatic carbocycles. The topological polar surface area (TPSA) is 64.4 Å². The molecule has 2 heterocycles. The number of aromatic nitrogens is 2. The molecule has 0 spiro atoms. The van der Waals surface area contributed by atoms with Crippen LogP contribution in [0.4, 0.5) is 0 Å². The predicted octanol–water partition coefficient (Wildman–Crippen LogP) is 4.32. The smallest absolute Gasteiger partial charge is 0.316 e. The summed E-state index contributed by atoms with van der Waals surface area (Å²) in [6.45, 7) is 3.70. The lowest BCUT2D eigenvalue weighted by atomic mass is 9.76. The third-order valence-corrected chi connectivity index (χ3v) is 7.16. The number of ether oxygens (including phenoxy) is 1. The van der Waals surface area contributed by atoms with E-state index in [1.165, 1.54) is 5.56 Å². The van der Waals surface area contributed by atoms with Gasteiger partial charge in [-0.1, -0.05) is 54.2 Å². The number of likely N-dealkylation sites (N-methyl/N-ethyl adjacent to an activating group) is 1. The molecule has 1 aromatic heterocycles. The summed E-state index contributed by atoms with van der Waals surface area (Å²) in [7, 11) is 1.77. The van der Waals surface area contributed by atoms with Gasteiger partial charge < -0.3 is 14.2 Å². The third kappa shape index (κ3) is 4.29. The fraction of sp³-hybridized carbons (Fsp3) is 0.542. The van der Waals surface area contributed by atoms with Gasteiger partial charge in [0.2, 0.25) is 5.75 Å². The first-order valence-corrected chi connectivity index (χ1v) is 12.0. The summed E-state index contributed by atoms with van der Waals surface area (Å²) in [5.41, 5.74) is 1.14. The molecule has 0 saturated heterocycles. The number of hydrogen-bond donors (Lipinski definition) is 0. The molecule has 0 radical (unpaired) electrons. The second-order valence-corrected chi connectivity index (χ2v) is 9.68. The van der Waals surface area contributed by atoms with Gasteiger partial charge in [0, 0.05) is 36.4 Å². The Balaban J connectivity index is 1.79. The molecule has 0 bridgehead atoms. The standard InChI is InChI=1S/C24H30BrN3O3/c1-3-4-14-31-21-20-23(30)27(2)12-13-28(20)19(26-22(21)29)16-24(10-5-6-11-24)17-8-7-9-18(25)15-17/h7-9,15H,3-6,10-14,16H2,1-2H3. The number of unbranched alkanes of at least 4 members (excludes halogenated alkanes) is 1. The van der Waals surface area contributed by atoms with E-state index in [4.69, 9.17) is 4.74 Å². The lowest BCUT2D eigenvalue weighted by molar-refractivity contribution is 0.0735. The molecule has 4 rings (SSSR count). The zero-order valence-corrected chi connectivity index (χ0v) is 19.9. The van der Waals surface area contributed by atoms with Gasteiger partial charge in [-0.2, -0.15) is 4.98 Å².